The Hall–Kier alpha value is -1.82. The van der Waals surface area contributed by atoms with Crippen molar-refractivity contribution >= 4 is 5.91 Å². The van der Waals surface area contributed by atoms with Gasteiger partial charge >= 0.3 is 0 Å². The maximum Gasteiger partial charge on any atom is 0.239 e. The lowest BCUT2D eigenvalue weighted by molar-refractivity contribution is -0.119. The molecular weight excluding hydrogens is 164 g/mol. The number of hydrogen-bond donors (Lipinski definition) is 0. The fourth-order valence-electron chi connectivity index (χ4n) is 0.995. The van der Waals surface area contributed by atoms with Crippen LogP contribution in [-0.4, -0.2) is 5.91 Å². The van der Waals surface area contributed by atoms with Gasteiger partial charge in [0.25, 0.3) is 0 Å². The second kappa shape index (κ2) is 4.27. The first-order valence-corrected chi connectivity index (χ1v) is 3.90. The third kappa shape index (κ3) is 2.60. The molecule has 1 radical (unpaired) electrons. The Morgan fingerprint density at radius 1 is 1.46 bits per heavy atom. The van der Waals surface area contributed by atoms with Gasteiger partial charge in [-0.25, -0.2) is 5.32 Å². The highest BCUT2D eigenvalue weighted by Gasteiger charge is 2.12. The Labute approximate surface area is 77.0 Å². The molecule has 1 aromatic rings. The molecule has 13 heavy (non-hydrogen) atoms. The Bertz CT molecular complexity index is 327. The Kier molecular flexibility index (Phi) is 3.04. The zero-order valence-corrected chi connectivity index (χ0v) is 7.27. The molecule has 0 saturated heterocycles. The summed E-state index contributed by atoms with van der Waals surface area (Å²) < 4.78 is 0. The highest BCUT2D eigenvalue weighted by molar-refractivity contribution is 5.73. The van der Waals surface area contributed by atoms with Crippen molar-refractivity contribution in [3.05, 3.63) is 35.9 Å². The lowest BCUT2D eigenvalue weighted by Gasteiger charge is -2.06. The quantitative estimate of drug-likeness (QED) is 0.678. The lowest BCUT2D eigenvalue weighted by atomic mass is 10.1. The number of carbonyl (C=O) groups excluding carboxylic acids is 1. The molecule has 1 atom stereocenters. The average molecular weight is 173 g/mol. The van der Waals surface area contributed by atoms with E-state index in [1.54, 1.807) is 12.1 Å². The van der Waals surface area contributed by atoms with E-state index in [-0.39, 0.29) is 5.91 Å². The van der Waals surface area contributed by atoms with Crippen LogP contribution in [0.15, 0.2) is 30.3 Å². The van der Waals surface area contributed by atoms with Crippen molar-refractivity contribution in [3.8, 4) is 6.07 Å². The van der Waals surface area contributed by atoms with Gasteiger partial charge in [-0.15, -0.1) is 0 Å². The summed E-state index contributed by atoms with van der Waals surface area (Å²) in [6, 6.07) is 10.3. The molecule has 0 saturated carbocycles. The molecule has 0 bridgehead atoms. The van der Waals surface area contributed by atoms with Crippen molar-refractivity contribution in [2.24, 2.45) is 0 Å². The summed E-state index contributed by atoms with van der Waals surface area (Å²) in [6.07, 6.45) is 0. The summed E-state index contributed by atoms with van der Waals surface area (Å²) in [7, 11) is 0. The van der Waals surface area contributed by atoms with E-state index >= 15 is 0 Å². The minimum Gasteiger partial charge on any atom is -0.273 e. The summed E-state index contributed by atoms with van der Waals surface area (Å²) in [5.41, 5.74) is 0.750. The third-order valence-corrected chi connectivity index (χ3v) is 1.55. The second-order valence-electron chi connectivity index (χ2n) is 2.59. The molecule has 0 aromatic heterocycles. The van der Waals surface area contributed by atoms with Crippen LogP contribution in [-0.2, 0) is 4.79 Å². The van der Waals surface area contributed by atoms with E-state index in [1.807, 2.05) is 24.3 Å². The van der Waals surface area contributed by atoms with E-state index in [9.17, 15) is 4.79 Å². The Morgan fingerprint density at radius 2 is 2.08 bits per heavy atom. The molecule has 3 nitrogen and oxygen atoms in total. The van der Waals surface area contributed by atoms with E-state index < -0.39 is 6.04 Å². The van der Waals surface area contributed by atoms with Crippen molar-refractivity contribution in [2.75, 3.05) is 0 Å². The fraction of sp³-hybridized carbons (Fsp3) is 0.200. The van der Waals surface area contributed by atoms with E-state index in [0.29, 0.717) is 0 Å². The molecule has 65 valence electrons. The topological polar surface area (TPSA) is 55.0 Å². The van der Waals surface area contributed by atoms with Gasteiger partial charge in [-0.2, -0.15) is 5.26 Å². The van der Waals surface area contributed by atoms with Gasteiger partial charge < -0.3 is 0 Å². The third-order valence-electron chi connectivity index (χ3n) is 1.55. The number of amides is 1. The number of nitriles is 1. The van der Waals surface area contributed by atoms with Gasteiger partial charge in [-0.05, 0) is 5.56 Å². The molecule has 0 aliphatic carbocycles. The summed E-state index contributed by atoms with van der Waals surface area (Å²) in [4.78, 5) is 10.7. The van der Waals surface area contributed by atoms with Crippen LogP contribution < -0.4 is 5.32 Å². The van der Waals surface area contributed by atoms with Crippen LogP contribution in [0, 0.1) is 11.3 Å². The molecule has 0 spiro atoms. The molecule has 3 heteroatoms. The van der Waals surface area contributed by atoms with Crippen LogP contribution in [0.3, 0.4) is 0 Å². The van der Waals surface area contributed by atoms with Gasteiger partial charge in [0.1, 0.15) is 0 Å². The van der Waals surface area contributed by atoms with Gasteiger partial charge in [0, 0.05) is 6.92 Å². The number of nitrogens with zero attached hydrogens (tertiary/aromatic N) is 2. The molecule has 1 unspecified atom stereocenters. The number of rotatable bonds is 2. The SMILES string of the molecule is CC(=O)[N]C(C#N)c1ccccc1. The highest BCUT2D eigenvalue weighted by atomic mass is 16.1. The van der Waals surface area contributed by atoms with E-state index in [4.69, 9.17) is 5.26 Å². The summed E-state index contributed by atoms with van der Waals surface area (Å²) in [5.74, 6) is -0.324. The molecule has 0 aliphatic heterocycles. The predicted molar refractivity (Wildman–Crippen MR) is 47.6 cm³/mol. The maximum absolute atomic E-state index is 10.7. The molecule has 1 rings (SSSR count). The van der Waals surface area contributed by atoms with Crippen LogP contribution in [0.2, 0.25) is 0 Å². The first-order valence-electron chi connectivity index (χ1n) is 3.90. The number of hydrogen-bond acceptors (Lipinski definition) is 2. The maximum atomic E-state index is 10.7. The first-order chi connectivity index (χ1) is 6.24. The van der Waals surface area contributed by atoms with Gasteiger partial charge in [-0.1, -0.05) is 30.3 Å². The highest BCUT2D eigenvalue weighted by Crippen LogP contribution is 2.11. The van der Waals surface area contributed by atoms with Crippen molar-refractivity contribution in [1.29, 1.82) is 5.26 Å². The van der Waals surface area contributed by atoms with Gasteiger partial charge in [0.05, 0.1) is 6.07 Å². The minimum absolute atomic E-state index is 0.324. The van der Waals surface area contributed by atoms with Gasteiger partial charge in [0.15, 0.2) is 6.04 Å². The molecule has 0 N–H and O–H groups in total. The molecule has 1 amide bonds. The second-order valence-corrected chi connectivity index (χ2v) is 2.59. The van der Waals surface area contributed by atoms with Crippen molar-refractivity contribution < 1.29 is 4.79 Å². The summed E-state index contributed by atoms with van der Waals surface area (Å²) >= 11 is 0. The molecule has 0 heterocycles. The minimum atomic E-state index is -0.668. The number of carbonyl (C=O) groups is 1. The van der Waals surface area contributed by atoms with E-state index in [0.717, 1.165) is 5.56 Å². The predicted octanol–water partition coefficient (Wildman–Crippen LogP) is 1.40. The lowest BCUT2D eigenvalue weighted by Crippen LogP contribution is -2.16. The first kappa shape index (κ1) is 9.27. The molecular formula is C10H9N2O. The smallest absolute Gasteiger partial charge is 0.239 e. The largest absolute Gasteiger partial charge is 0.273 e. The standard InChI is InChI=1S/C10H9N2O/c1-8(13)12-10(7-11)9-5-3-2-4-6-9/h2-6,10H,1H3. The fourth-order valence-corrected chi connectivity index (χ4v) is 0.995. The molecule has 0 fully saturated rings. The molecule has 1 aromatic carbocycles. The van der Waals surface area contributed by atoms with Crippen molar-refractivity contribution in [2.45, 2.75) is 13.0 Å². The monoisotopic (exact) mass is 173 g/mol. The van der Waals surface area contributed by atoms with Crippen LogP contribution in [0.25, 0.3) is 0 Å². The van der Waals surface area contributed by atoms with Crippen molar-refractivity contribution in [3.63, 3.8) is 0 Å². The van der Waals surface area contributed by atoms with Crippen LogP contribution in [0.1, 0.15) is 18.5 Å². The number of benzene rings is 1. The Balaban J connectivity index is 2.80. The van der Waals surface area contributed by atoms with Crippen LogP contribution in [0.5, 0.6) is 0 Å². The zero-order chi connectivity index (χ0) is 9.68. The van der Waals surface area contributed by atoms with Crippen LogP contribution >= 0.6 is 0 Å². The summed E-state index contributed by atoms with van der Waals surface area (Å²) in [5, 5.41) is 12.4. The van der Waals surface area contributed by atoms with E-state index in [2.05, 4.69) is 5.32 Å². The van der Waals surface area contributed by atoms with Crippen LogP contribution in [0.4, 0.5) is 0 Å². The van der Waals surface area contributed by atoms with Crippen molar-refractivity contribution in [1.82, 2.24) is 5.32 Å². The van der Waals surface area contributed by atoms with Gasteiger partial charge in [-0.3, -0.25) is 4.79 Å². The molecule has 0 aliphatic rings. The Morgan fingerprint density at radius 3 is 2.54 bits per heavy atom. The van der Waals surface area contributed by atoms with Gasteiger partial charge in [0.2, 0.25) is 5.91 Å². The van der Waals surface area contributed by atoms with E-state index in [1.165, 1.54) is 6.92 Å². The zero-order valence-electron chi connectivity index (χ0n) is 7.27. The normalized spacial score (nSPS) is 11.4. The average Bonchev–Trinajstić information content (AvgIpc) is 2.15. The summed E-state index contributed by atoms with van der Waals surface area (Å²) in [6.45, 7) is 1.34.